The summed E-state index contributed by atoms with van der Waals surface area (Å²) in [5.74, 6) is 2.72. The summed E-state index contributed by atoms with van der Waals surface area (Å²) in [7, 11) is 0. The number of hydrogen-bond donors (Lipinski definition) is 1. The summed E-state index contributed by atoms with van der Waals surface area (Å²) >= 11 is 0. The maximum atomic E-state index is 3.75. The summed E-state index contributed by atoms with van der Waals surface area (Å²) in [4.78, 5) is 0. The molecule has 0 spiro atoms. The lowest BCUT2D eigenvalue weighted by Gasteiger charge is -2.24. The van der Waals surface area contributed by atoms with Crippen LogP contribution in [0.25, 0.3) is 0 Å². The smallest absolute Gasteiger partial charge is 0.00683 e. The Labute approximate surface area is 115 Å². The molecule has 108 valence electrons. The van der Waals surface area contributed by atoms with Crippen molar-refractivity contribution in [3.05, 3.63) is 0 Å². The predicted octanol–water partition coefficient (Wildman–Crippen LogP) is 5.01. The number of hydrogen-bond acceptors (Lipinski definition) is 1. The van der Waals surface area contributed by atoms with Crippen molar-refractivity contribution in [3.8, 4) is 0 Å². The SMILES string of the molecule is CCCCC(CC)CC(CNC1CC1)CC(C)C. The molecule has 1 saturated carbocycles. The van der Waals surface area contributed by atoms with Gasteiger partial charge in [0.15, 0.2) is 0 Å². The van der Waals surface area contributed by atoms with Crippen molar-refractivity contribution in [1.82, 2.24) is 5.32 Å². The molecular formula is C17H35N. The number of rotatable bonds is 11. The molecular weight excluding hydrogens is 218 g/mol. The van der Waals surface area contributed by atoms with Crippen LogP contribution < -0.4 is 5.32 Å². The molecule has 0 aromatic heterocycles. The third-order valence-electron chi connectivity index (χ3n) is 4.29. The van der Waals surface area contributed by atoms with Crippen LogP contribution in [0, 0.1) is 17.8 Å². The van der Waals surface area contributed by atoms with E-state index in [1.165, 1.54) is 57.9 Å². The molecule has 1 heteroatoms. The molecule has 18 heavy (non-hydrogen) atoms. The van der Waals surface area contributed by atoms with Gasteiger partial charge in [-0.1, -0.05) is 53.4 Å². The normalized spacial score (nSPS) is 19.2. The van der Waals surface area contributed by atoms with E-state index in [1.54, 1.807) is 0 Å². The van der Waals surface area contributed by atoms with Crippen molar-refractivity contribution in [1.29, 1.82) is 0 Å². The van der Waals surface area contributed by atoms with Crippen LogP contribution in [-0.2, 0) is 0 Å². The van der Waals surface area contributed by atoms with Crippen molar-refractivity contribution >= 4 is 0 Å². The second-order valence-electron chi connectivity index (χ2n) is 6.83. The van der Waals surface area contributed by atoms with Gasteiger partial charge in [-0.2, -0.15) is 0 Å². The highest BCUT2D eigenvalue weighted by Gasteiger charge is 2.23. The highest BCUT2D eigenvalue weighted by atomic mass is 14.9. The fraction of sp³-hybridized carbons (Fsp3) is 1.00. The highest BCUT2D eigenvalue weighted by molar-refractivity contribution is 4.82. The summed E-state index contributed by atoms with van der Waals surface area (Å²) in [5.41, 5.74) is 0. The maximum Gasteiger partial charge on any atom is 0.00683 e. The maximum absolute atomic E-state index is 3.75. The Hall–Kier alpha value is -0.0400. The van der Waals surface area contributed by atoms with Crippen LogP contribution >= 0.6 is 0 Å². The van der Waals surface area contributed by atoms with E-state index in [4.69, 9.17) is 0 Å². The zero-order valence-electron chi connectivity index (χ0n) is 13.2. The lowest BCUT2D eigenvalue weighted by atomic mass is 9.84. The molecule has 2 atom stereocenters. The lowest BCUT2D eigenvalue weighted by Crippen LogP contribution is -2.27. The standard InChI is InChI=1S/C17H35N/c1-5-7-8-15(6-2)12-16(11-14(3)4)13-18-17-9-10-17/h14-18H,5-13H2,1-4H3. The van der Waals surface area contributed by atoms with Crippen molar-refractivity contribution < 1.29 is 0 Å². The van der Waals surface area contributed by atoms with Gasteiger partial charge < -0.3 is 5.32 Å². The molecule has 0 heterocycles. The van der Waals surface area contributed by atoms with Crippen molar-refractivity contribution in [2.75, 3.05) is 6.54 Å². The van der Waals surface area contributed by atoms with Crippen molar-refractivity contribution in [2.24, 2.45) is 17.8 Å². The fourth-order valence-electron chi connectivity index (χ4n) is 3.00. The van der Waals surface area contributed by atoms with Crippen LogP contribution in [0.15, 0.2) is 0 Å². The van der Waals surface area contributed by atoms with E-state index in [9.17, 15) is 0 Å². The van der Waals surface area contributed by atoms with Crippen molar-refractivity contribution in [3.63, 3.8) is 0 Å². The van der Waals surface area contributed by atoms with E-state index in [-0.39, 0.29) is 0 Å². The molecule has 1 nitrogen and oxygen atoms in total. The lowest BCUT2D eigenvalue weighted by molar-refractivity contribution is 0.289. The highest BCUT2D eigenvalue weighted by Crippen LogP contribution is 2.27. The Balaban J connectivity index is 2.30. The molecule has 1 aliphatic rings. The minimum atomic E-state index is 0.847. The molecule has 0 amide bonds. The van der Waals surface area contributed by atoms with Gasteiger partial charge in [-0.25, -0.2) is 0 Å². The Kier molecular flexibility index (Phi) is 7.97. The average Bonchev–Trinajstić information content (AvgIpc) is 3.14. The zero-order valence-corrected chi connectivity index (χ0v) is 13.2. The van der Waals surface area contributed by atoms with Crippen LogP contribution in [0.2, 0.25) is 0 Å². The molecule has 0 radical (unpaired) electrons. The van der Waals surface area contributed by atoms with Crippen LogP contribution in [0.3, 0.4) is 0 Å². The van der Waals surface area contributed by atoms with Gasteiger partial charge in [-0.3, -0.25) is 0 Å². The third kappa shape index (κ3) is 7.41. The quantitative estimate of drug-likeness (QED) is 0.546. The molecule has 0 aromatic carbocycles. The molecule has 0 saturated heterocycles. The van der Waals surface area contributed by atoms with E-state index >= 15 is 0 Å². The van der Waals surface area contributed by atoms with Crippen LogP contribution in [-0.4, -0.2) is 12.6 Å². The van der Waals surface area contributed by atoms with E-state index in [0.717, 1.165) is 23.8 Å². The predicted molar refractivity (Wildman–Crippen MR) is 81.9 cm³/mol. The largest absolute Gasteiger partial charge is 0.314 e. The molecule has 1 aliphatic carbocycles. The molecule has 0 aromatic rings. The summed E-state index contributed by atoms with van der Waals surface area (Å²) in [6.45, 7) is 10.7. The number of nitrogens with one attached hydrogen (secondary N) is 1. The molecule has 0 aliphatic heterocycles. The van der Waals surface area contributed by atoms with Gasteiger partial charge >= 0.3 is 0 Å². The summed E-state index contributed by atoms with van der Waals surface area (Å²) in [5, 5.41) is 3.75. The monoisotopic (exact) mass is 253 g/mol. The summed E-state index contributed by atoms with van der Waals surface area (Å²) in [6, 6.07) is 0.871. The molecule has 1 N–H and O–H groups in total. The second-order valence-corrected chi connectivity index (χ2v) is 6.83. The second kappa shape index (κ2) is 8.96. The molecule has 0 bridgehead atoms. The topological polar surface area (TPSA) is 12.0 Å². The Morgan fingerprint density at radius 2 is 1.78 bits per heavy atom. The number of unbranched alkanes of at least 4 members (excludes halogenated alkanes) is 1. The van der Waals surface area contributed by atoms with E-state index < -0.39 is 0 Å². The van der Waals surface area contributed by atoms with Gasteiger partial charge in [0.2, 0.25) is 0 Å². The molecule has 1 rings (SSSR count). The van der Waals surface area contributed by atoms with E-state index in [2.05, 4.69) is 33.0 Å². The van der Waals surface area contributed by atoms with E-state index in [1.807, 2.05) is 0 Å². The van der Waals surface area contributed by atoms with Gasteiger partial charge in [0, 0.05) is 6.04 Å². The Bertz CT molecular complexity index is 196. The van der Waals surface area contributed by atoms with Gasteiger partial charge in [0.25, 0.3) is 0 Å². The minimum Gasteiger partial charge on any atom is -0.314 e. The first-order chi connectivity index (χ1) is 8.65. The van der Waals surface area contributed by atoms with E-state index in [0.29, 0.717) is 0 Å². The van der Waals surface area contributed by atoms with Gasteiger partial charge in [-0.05, 0) is 50.0 Å². The van der Waals surface area contributed by atoms with Gasteiger partial charge in [0.05, 0.1) is 0 Å². The van der Waals surface area contributed by atoms with Gasteiger partial charge in [0.1, 0.15) is 0 Å². The van der Waals surface area contributed by atoms with Crippen LogP contribution in [0.1, 0.15) is 79.1 Å². The fourth-order valence-corrected chi connectivity index (χ4v) is 3.00. The first kappa shape index (κ1) is 16.0. The van der Waals surface area contributed by atoms with Crippen LogP contribution in [0.5, 0.6) is 0 Å². The van der Waals surface area contributed by atoms with Crippen LogP contribution in [0.4, 0.5) is 0 Å². The molecule has 2 unspecified atom stereocenters. The van der Waals surface area contributed by atoms with Gasteiger partial charge in [-0.15, -0.1) is 0 Å². The first-order valence-electron chi connectivity index (χ1n) is 8.39. The zero-order chi connectivity index (χ0) is 13.4. The van der Waals surface area contributed by atoms with Crippen molar-refractivity contribution in [2.45, 2.75) is 85.1 Å². The Morgan fingerprint density at radius 3 is 2.28 bits per heavy atom. The first-order valence-corrected chi connectivity index (χ1v) is 8.39. The summed E-state index contributed by atoms with van der Waals surface area (Å²) < 4.78 is 0. The Morgan fingerprint density at radius 1 is 1.06 bits per heavy atom. The average molecular weight is 253 g/mol. The molecule has 1 fully saturated rings. The minimum absolute atomic E-state index is 0.847. The third-order valence-corrected chi connectivity index (χ3v) is 4.29. The summed E-state index contributed by atoms with van der Waals surface area (Å²) in [6.07, 6.45) is 11.3.